The molecule has 0 saturated heterocycles. The number of hydrogen-bond acceptors (Lipinski definition) is 1. The first-order valence-electron chi connectivity index (χ1n) is 3.28. The highest BCUT2D eigenvalue weighted by Crippen LogP contribution is 2.34. The molecule has 0 aromatic carbocycles. The van der Waals surface area contributed by atoms with Gasteiger partial charge < -0.3 is 4.79 Å². The van der Waals surface area contributed by atoms with Gasteiger partial charge in [0.1, 0.15) is 6.29 Å². The Balaban J connectivity index is 2.06. The van der Waals surface area contributed by atoms with Crippen LogP contribution in [0.2, 0.25) is 0 Å². The molecule has 0 aromatic heterocycles. The Hall–Kier alpha value is -0.330. The molecule has 46 valence electrons. The Bertz CT molecular complexity index is 84.4. The Morgan fingerprint density at radius 2 is 2.38 bits per heavy atom. The van der Waals surface area contributed by atoms with Crippen LogP contribution >= 0.6 is 0 Å². The van der Waals surface area contributed by atoms with E-state index >= 15 is 0 Å². The highest BCUT2D eigenvalue weighted by molar-refractivity contribution is 5.52. The minimum Gasteiger partial charge on any atom is -0.303 e. The van der Waals surface area contributed by atoms with Gasteiger partial charge in [0.05, 0.1) is 0 Å². The lowest BCUT2D eigenvalue weighted by molar-refractivity contribution is -0.110. The van der Waals surface area contributed by atoms with Gasteiger partial charge in [-0.25, -0.2) is 0 Å². The van der Waals surface area contributed by atoms with Crippen molar-refractivity contribution in [2.24, 2.45) is 11.8 Å². The summed E-state index contributed by atoms with van der Waals surface area (Å²) in [4.78, 5) is 10.1. The molecule has 1 atom stereocenters. The van der Waals surface area contributed by atoms with Gasteiger partial charge in [-0.3, -0.25) is 0 Å². The first-order chi connectivity index (χ1) is 3.83. The van der Waals surface area contributed by atoms with Crippen molar-refractivity contribution in [3.63, 3.8) is 0 Å². The van der Waals surface area contributed by atoms with Gasteiger partial charge in [-0.2, -0.15) is 0 Å². The van der Waals surface area contributed by atoms with E-state index in [9.17, 15) is 4.79 Å². The summed E-state index contributed by atoms with van der Waals surface area (Å²) in [6, 6.07) is 0. The molecule has 0 heterocycles. The molecule has 1 saturated carbocycles. The number of carbonyl (C=O) groups excluding carboxylic acids is 1. The molecule has 0 bridgehead atoms. The Labute approximate surface area is 50.1 Å². The summed E-state index contributed by atoms with van der Waals surface area (Å²) in [5.74, 6) is 1.21. The Morgan fingerprint density at radius 3 is 2.75 bits per heavy atom. The predicted molar refractivity (Wildman–Crippen MR) is 32.6 cm³/mol. The second-order valence-corrected chi connectivity index (χ2v) is 2.79. The summed E-state index contributed by atoms with van der Waals surface area (Å²) >= 11 is 0. The standard InChI is InChI=1S/C7H12O/c1-6(5-8)4-7-2-3-7/h5-7H,2-4H2,1H3/t6-/m1/s1. The van der Waals surface area contributed by atoms with Crippen molar-refractivity contribution in [3.05, 3.63) is 0 Å². The molecule has 0 amide bonds. The van der Waals surface area contributed by atoms with Crippen molar-refractivity contribution in [1.82, 2.24) is 0 Å². The van der Waals surface area contributed by atoms with E-state index in [-0.39, 0.29) is 0 Å². The zero-order chi connectivity index (χ0) is 5.98. The van der Waals surface area contributed by atoms with Crippen molar-refractivity contribution < 1.29 is 4.79 Å². The van der Waals surface area contributed by atoms with Crippen LogP contribution in [0.3, 0.4) is 0 Å². The van der Waals surface area contributed by atoms with Gasteiger partial charge in [0.15, 0.2) is 0 Å². The third kappa shape index (κ3) is 1.65. The van der Waals surface area contributed by atoms with E-state index in [1.54, 1.807) is 0 Å². The number of carbonyl (C=O) groups is 1. The SMILES string of the molecule is C[C@@H](C=O)CC1CC1. The fraction of sp³-hybridized carbons (Fsp3) is 0.857. The van der Waals surface area contributed by atoms with Crippen LogP contribution in [0.25, 0.3) is 0 Å². The first-order valence-corrected chi connectivity index (χ1v) is 3.28. The molecule has 0 aliphatic heterocycles. The Kier molecular flexibility index (Phi) is 1.66. The van der Waals surface area contributed by atoms with Gasteiger partial charge in [-0.15, -0.1) is 0 Å². The lowest BCUT2D eigenvalue weighted by Gasteiger charge is -1.96. The molecule has 1 aliphatic carbocycles. The third-order valence-corrected chi connectivity index (χ3v) is 1.63. The lowest BCUT2D eigenvalue weighted by atomic mass is 10.1. The Morgan fingerprint density at radius 1 is 1.75 bits per heavy atom. The monoisotopic (exact) mass is 112 g/mol. The van der Waals surface area contributed by atoms with Gasteiger partial charge in [0.2, 0.25) is 0 Å². The quantitative estimate of drug-likeness (QED) is 0.507. The highest BCUT2D eigenvalue weighted by atomic mass is 16.1. The van der Waals surface area contributed by atoms with Crippen molar-refractivity contribution in [3.8, 4) is 0 Å². The summed E-state index contributed by atoms with van der Waals surface area (Å²) < 4.78 is 0. The first kappa shape index (κ1) is 5.80. The highest BCUT2D eigenvalue weighted by Gasteiger charge is 2.22. The fourth-order valence-electron chi connectivity index (χ4n) is 0.935. The summed E-state index contributed by atoms with van der Waals surface area (Å²) in [6.45, 7) is 1.99. The molecular weight excluding hydrogens is 100 g/mol. The zero-order valence-electron chi connectivity index (χ0n) is 5.26. The summed E-state index contributed by atoms with van der Waals surface area (Å²) in [5, 5.41) is 0. The zero-order valence-corrected chi connectivity index (χ0v) is 5.26. The van der Waals surface area contributed by atoms with Crippen molar-refractivity contribution >= 4 is 6.29 Å². The van der Waals surface area contributed by atoms with Crippen LogP contribution in [0, 0.1) is 11.8 Å². The summed E-state index contributed by atoms with van der Waals surface area (Å²) in [5.41, 5.74) is 0. The molecule has 8 heavy (non-hydrogen) atoms. The number of hydrogen-bond donors (Lipinski definition) is 0. The molecule has 1 aliphatic rings. The van der Waals surface area contributed by atoms with Crippen molar-refractivity contribution in [1.29, 1.82) is 0 Å². The smallest absolute Gasteiger partial charge is 0.122 e. The normalized spacial score (nSPS) is 22.6. The average molecular weight is 112 g/mol. The molecular formula is C7H12O. The van der Waals surface area contributed by atoms with Crippen LogP contribution in [0.1, 0.15) is 26.2 Å². The van der Waals surface area contributed by atoms with Crippen LogP contribution < -0.4 is 0 Å². The summed E-state index contributed by atoms with van der Waals surface area (Å²) in [7, 11) is 0. The largest absolute Gasteiger partial charge is 0.303 e. The van der Waals surface area contributed by atoms with Gasteiger partial charge in [0.25, 0.3) is 0 Å². The molecule has 0 aromatic rings. The van der Waals surface area contributed by atoms with Gasteiger partial charge in [-0.05, 0) is 12.3 Å². The fourth-order valence-corrected chi connectivity index (χ4v) is 0.935. The molecule has 1 nitrogen and oxygen atoms in total. The maximum Gasteiger partial charge on any atom is 0.122 e. The summed E-state index contributed by atoms with van der Waals surface area (Å²) in [6.07, 6.45) is 4.90. The van der Waals surface area contributed by atoms with Gasteiger partial charge in [0, 0.05) is 5.92 Å². The third-order valence-electron chi connectivity index (χ3n) is 1.63. The van der Waals surface area contributed by atoms with Crippen LogP contribution in [0.15, 0.2) is 0 Å². The minimum absolute atomic E-state index is 0.308. The number of rotatable bonds is 3. The molecule has 0 N–H and O–H groups in total. The van der Waals surface area contributed by atoms with E-state index in [1.165, 1.54) is 12.8 Å². The molecule has 1 heteroatoms. The minimum atomic E-state index is 0.308. The lowest BCUT2D eigenvalue weighted by Crippen LogP contribution is -1.95. The maximum atomic E-state index is 10.1. The number of aldehydes is 1. The van der Waals surface area contributed by atoms with E-state index in [0.717, 1.165) is 18.6 Å². The van der Waals surface area contributed by atoms with Crippen LogP contribution in [-0.2, 0) is 4.79 Å². The van der Waals surface area contributed by atoms with E-state index in [2.05, 4.69) is 0 Å². The molecule has 0 unspecified atom stereocenters. The second kappa shape index (κ2) is 2.29. The average Bonchev–Trinajstić information content (AvgIpc) is 2.50. The van der Waals surface area contributed by atoms with Crippen LogP contribution in [0.5, 0.6) is 0 Å². The van der Waals surface area contributed by atoms with E-state index in [4.69, 9.17) is 0 Å². The van der Waals surface area contributed by atoms with Crippen LogP contribution in [0.4, 0.5) is 0 Å². The molecule has 0 radical (unpaired) electrons. The van der Waals surface area contributed by atoms with E-state index < -0.39 is 0 Å². The molecule has 0 spiro atoms. The van der Waals surface area contributed by atoms with Crippen molar-refractivity contribution in [2.45, 2.75) is 26.2 Å². The van der Waals surface area contributed by atoms with Gasteiger partial charge >= 0.3 is 0 Å². The van der Waals surface area contributed by atoms with E-state index in [0.29, 0.717) is 5.92 Å². The van der Waals surface area contributed by atoms with Crippen molar-refractivity contribution in [2.75, 3.05) is 0 Å². The van der Waals surface area contributed by atoms with Crippen LogP contribution in [-0.4, -0.2) is 6.29 Å². The molecule has 1 rings (SSSR count). The van der Waals surface area contributed by atoms with E-state index in [1.807, 2.05) is 6.92 Å². The van der Waals surface area contributed by atoms with Gasteiger partial charge in [-0.1, -0.05) is 19.8 Å². The maximum absolute atomic E-state index is 10.1. The molecule has 1 fully saturated rings. The topological polar surface area (TPSA) is 17.1 Å². The predicted octanol–water partition coefficient (Wildman–Crippen LogP) is 1.62. The second-order valence-electron chi connectivity index (χ2n) is 2.79.